The third-order valence-electron chi connectivity index (χ3n) is 3.48. The van der Waals surface area contributed by atoms with E-state index in [-0.39, 0.29) is 11.3 Å². The van der Waals surface area contributed by atoms with E-state index >= 15 is 0 Å². The van der Waals surface area contributed by atoms with Crippen LogP contribution in [0.15, 0.2) is 18.2 Å². The summed E-state index contributed by atoms with van der Waals surface area (Å²) in [6.45, 7) is 5.92. The predicted octanol–water partition coefficient (Wildman–Crippen LogP) is 2.13. The second-order valence-corrected chi connectivity index (χ2v) is 5.85. The van der Waals surface area contributed by atoms with Crippen molar-refractivity contribution in [2.75, 3.05) is 14.2 Å². The van der Waals surface area contributed by atoms with Gasteiger partial charge in [-0.05, 0) is 51.9 Å². The van der Waals surface area contributed by atoms with Crippen molar-refractivity contribution in [1.82, 2.24) is 4.90 Å². The molecule has 1 aromatic carbocycles. The summed E-state index contributed by atoms with van der Waals surface area (Å²) in [5.74, 6) is -0.466. The molecule has 20 heavy (non-hydrogen) atoms. The Morgan fingerprint density at radius 1 is 1.40 bits per heavy atom. The number of benzene rings is 1. The maximum absolute atomic E-state index is 11.5. The number of aromatic hydroxyl groups is 1. The van der Waals surface area contributed by atoms with Crippen molar-refractivity contribution in [3.8, 4) is 11.5 Å². The Hall–Kier alpha value is -1.75. The van der Waals surface area contributed by atoms with Crippen molar-refractivity contribution < 1.29 is 19.7 Å². The molecule has 2 N–H and O–H groups in total. The van der Waals surface area contributed by atoms with Crippen LogP contribution in [0.25, 0.3) is 0 Å². The summed E-state index contributed by atoms with van der Waals surface area (Å²) >= 11 is 0. The first-order valence-corrected chi connectivity index (χ1v) is 6.48. The number of hydrogen-bond donors (Lipinski definition) is 2. The fourth-order valence-electron chi connectivity index (χ4n) is 1.93. The zero-order valence-corrected chi connectivity index (χ0v) is 12.7. The molecule has 0 heterocycles. The number of phenols is 1. The van der Waals surface area contributed by atoms with Crippen LogP contribution in [0.1, 0.15) is 26.3 Å². The molecule has 1 atom stereocenters. The quantitative estimate of drug-likeness (QED) is 0.865. The standard InChI is InChI=1S/C15H23NO4/c1-15(2,3)16(4)11(14(18)19)8-10-6-7-12(17)13(9-10)20-5/h6-7,9,11,17H,8H2,1-5H3,(H,18,19). The molecule has 5 heteroatoms. The fourth-order valence-corrected chi connectivity index (χ4v) is 1.93. The summed E-state index contributed by atoms with van der Waals surface area (Å²) < 4.78 is 5.04. The van der Waals surface area contributed by atoms with Crippen LogP contribution in [0.3, 0.4) is 0 Å². The van der Waals surface area contributed by atoms with Gasteiger partial charge in [-0.1, -0.05) is 6.07 Å². The second-order valence-electron chi connectivity index (χ2n) is 5.85. The van der Waals surface area contributed by atoms with Gasteiger partial charge in [0.1, 0.15) is 6.04 Å². The van der Waals surface area contributed by atoms with E-state index in [0.717, 1.165) is 5.56 Å². The Morgan fingerprint density at radius 2 is 2.00 bits per heavy atom. The van der Waals surface area contributed by atoms with Gasteiger partial charge in [0.2, 0.25) is 0 Å². The van der Waals surface area contributed by atoms with Crippen molar-refractivity contribution >= 4 is 5.97 Å². The van der Waals surface area contributed by atoms with Crippen LogP contribution in [-0.2, 0) is 11.2 Å². The van der Waals surface area contributed by atoms with E-state index in [0.29, 0.717) is 12.2 Å². The van der Waals surface area contributed by atoms with Gasteiger partial charge in [0.05, 0.1) is 7.11 Å². The molecule has 1 rings (SSSR count). The minimum Gasteiger partial charge on any atom is -0.504 e. The SMILES string of the molecule is COc1cc(CC(C(=O)O)N(C)C(C)(C)C)ccc1O. The number of ether oxygens (including phenoxy) is 1. The molecule has 1 unspecified atom stereocenters. The third kappa shape index (κ3) is 3.87. The lowest BCUT2D eigenvalue weighted by atomic mass is 9.99. The minimum absolute atomic E-state index is 0.0484. The van der Waals surface area contributed by atoms with Gasteiger partial charge in [0, 0.05) is 5.54 Å². The molecule has 0 aliphatic rings. The highest BCUT2D eigenvalue weighted by molar-refractivity contribution is 5.74. The maximum Gasteiger partial charge on any atom is 0.321 e. The smallest absolute Gasteiger partial charge is 0.321 e. The molecule has 0 aromatic heterocycles. The molecule has 0 amide bonds. The Balaban J connectivity index is 3.00. The van der Waals surface area contributed by atoms with Crippen LogP contribution < -0.4 is 4.74 Å². The van der Waals surface area contributed by atoms with Gasteiger partial charge in [0.25, 0.3) is 0 Å². The molecule has 0 radical (unpaired) electrons. The highest BCUT2D eigenvalue weighted by Gasteiger charge is 2.30. The van der Waals surface area contributed by atoms with Crippen LogP contribution in [-0.4, -0.2) is 46.8 Å². The van der Waals surface area contributed by atoms with Gasteiger partial charge < -0.3 is 14.9 Å². The monoisotopic (exact) mass is 281 g/mol. The van der Waals surface area contributed by atoms with Gasteiger partial charge in [-0.15, -0.1) is 0 Å². The molecule has 0 spiro atoms. The van der Waals surface area contributed by atoms with E-state index in [1.54, 1.807) is 19.2 Å². The molecule has 0 aliphatic heterocycles. The molecular formula is C15H23NO4. The highest BCUT2D eigenvalue weighted by Crippen LogP contribution is 2.27. The van der Waals surface area contributed by atoms with Crippen molar-refractivity contribution in [2.24, 2.45) is 0 Å². The second kappa shape index (κ2) is 6.13. The van der Waals surface area contributed by atoms with Crippen LogP contribution in [0.2, 0.25) is 0 Å². The average Bonchev–Trinajstić information content (AvgIpc) is 2.35. The van der Waals surface area contributed by atoms with E-state index in [9.17, 15) is 15.0 Å². The molecule has 112 valence electrons. The summed E-state index contributed by atoms with van der Waals surface area (Å²) in [6.07, 6.45) is 0.347. The summed E-state index contributed by atoms with van der Waals surface area (Å²) in [5.41, 5.74) is 0.563. The number of methoxy groups -OCH3 is 1. The predicted molar refractivity (Wildman–Crippen MR) is 77.3 cm³/mol. The van der Waals surface area contributed by atoms with E-state index in [4.69, 9.17) is 4.74 Å². The number of aliphatic carboxylic acids is 1. The topological polar surface area (TPSA) is 70.0 Å². The number of hydrogen-bond acceptors (Lipinski definition) is 4. The normalized spacial score (nSPS) is 13.3. The molecule has 5 nitrogen and oxygen atoms in total. The van der Waals surface area contributed by atoms with Crippen LogP contribution in [0.5, 0.6) is 11.5 Å². The molecule has 0 aliphatic carbocycles. The van der Waals surface area contributed by atoms with E-state index < -0.39 is 12.0 Å². The number of phenolic OH excluding ortho intramolecular Hbond substituents is 1. The summed E-state index contributed by atoms with van der Waals surface area (Å²) in [7, 11) is 3.27. The van der Waals surface area contributed by atoms with E-state index in [1.807, 2.05) is 25.7 Å². The maximum atomic E-state index is 11.5. The fraction of sp³-hybridized carbons (Fsp3) is 0.533. The summed E-state index contributed by atoms with van der Waals surface area (Å²) in [6, 6.07) is 4.26. The first kappa shape index (κ1) is 16.3. The Labute approximate surface area is 119 Å². The molecule has 0 saturated heterocycles. The number of carboxylic acids is 1. The third-order valence-corrected chi connectivity index (χ3v) is 3.48. The lowest BCUT2D eigenvalue weighted by Gasteiger charge is -2.36. The lowest BCUT2D eigenvalue weighted by molar-refractivity contribution is -0.144. The minimum atomic E-state index is -0.866. The number of likely N-dealkylation sites (N-methyl/N-ethyl adjacent to an activating group) is 1. The van der Waals surface area contributed by atoms with E-state index in [2.05, 4.69) is 0 Å². The molecule has 0 bridgehead atoms. The van der Waals surface area contributed by atoms with Crippen LogP contribution in [0, 0.1) is 0 Å². The molecule has 1 aromatic rings. The number of nitrogens with zero attached hydrogens (tertiary/aromatic N) is 1. The van der Waals surface area contributed by atoms with Gasteiger partial charge in [0.15, 0.2) is 11.5 Å². The zero-order chi connectivity index (χ0) is 15.5. The van der Waals surface area contributed by atoms with Gasteiger partial charge >= 0.3 is 5.97 Å². The van der Waals surface area contributed by atoms with Crippen LogP contribution >= 0.6 is 0 Å². The first-order valence-electron chi connectivity index (χ1n) is 6.48. The van der Waals surface area contributed by atoms with E-state index in [1.165, 1.54) is 13.2 Å². The van der Waals surface area contributed by atoms with Gasteiger partial charge in [-0.25, -0.2) is 0 Å². The summed E-state index contributed by atoms with van der Waals surface area (Å²) in [4.78, 5) is 13.3. The van der Waals surface area contributed by atoms with Crippen molar-refractivity contribution in [3.63, 3.8) is 0 Å². The Morgan fingerprint density at radius 3 is 2.45 bits per heavy atom. The largest absolute Gasteiger partial charge is 0.504 e. The molecule has 0 saturated carbocycles. The number of rotatable bonds is 5. The van der Waals surface area contributed by atoms with Crippen LogP contribution in [0.4, 0.5) is 0 Å². The zero-order valence-electron chi connectivity index (χ0n) is 12.7. The number of carbonyl (C=O) groups is 1. The van der Waals surface area contributed by atoms with Crippen molar-refractivity contribution in [3.05, 3.63) is 23.8 Å². The van der Waals surface area contributed by atoms with Gasteiger partial charge in [-0.3, -0.25) is 9.69 Å². The molecular weight excluding hydrogens is 258 g/mol. The Kier molecular flexibility index (Phi) is 5.00. The van der Waals surface area contributed by atoms with Crippen molar-refractivity contribution in [1.29, 1.82) is 0 Å². The highest BCUT2D eigenvalue weighted by atomic mass is 16.5. The average molecular weight is 281 g/mol. The number of carboxylic acid groups (broad SMARTS) is 1. The first-order chi connectivity index (χ1) is 9.16. The van der Waals surface area contributed by atoms with Crippen molar-refractivity contribution in [2.45, 2.75) is 38.8 Å². The lowest BCUT2D eigenvalue weighted by Crippen LogP contribution is -2.50. The van der Waals surface area contributed by atoms with Gasteiger partial charge in [-0.2, -0.15) is 0 Å². The molecule has 0 fully saturated rings. The summed E-state index contributed by atoms with van der Waals surface area (Å²) in [5, 5.41) is 19.0. The Bertz CT molecular complexity index is 479.